The van der Waals surface area contributed by atoms with Crippen molar-refractivity contribution in [3.8, 4) is 0 Å². The van der Waals surface area contributed by atoms with Crippen molar-refractivity contribution >= 4 is 6.03 Å². The molecule has 1 aliphatic heterocycles. The zero-order valence-electron chi connectivity index (χ0n) is 8.46. The number of hydrogen-bond acceptors (Lipinski definition) is 3. The minimum absolute atomic E-state index is 0.135. The van der Waals surface area contributed by atoms with Gasteiger partial charge in [-0.1, -0.05) is 0 Å². The van der Waals surface area contributed by atoms with Gasteiger partial charge in [0.15, 0.2) is 0 Å². The zero-order chi connectivity index (χ0) is 12.2. The van der Waals surface area contributed by atoms with Crippen LogP contribution in [0.4, 0.5) is 18.0 Å². The van der Waals surface area contributed by atoms with Crippen molar-refractivity contribution in [2.24, 2.45) is 0 Å². The van der Waals surface area contributed by atoms with Crippen LogP contribution in [-0.4, -0.2) is 61.2 Å². The molecule has 0 aromatic carbocycles. The van der Waals surface area contributed by atoms with E-state index in [2.05, 4.69) is 0 Å². The Morgan fingerprint density at radius 3 is 2.81 bits per heavy atom. The number of nitrogens with one attached hydrogen (secondary N) is 1. The maximum absolute atomic E-state index is 11.9. The van der Waals surface area contributed by atoms with Crippen LogP contribution in [0.2, 0.25) is 0 Å². The summed E-state index contributed by atoms with van der Waals surface area (Å²) in [5.41, 5.74) is 0. The van der Waals surface area contributed by atoms with Gasteiger partial charge < -0.3 is 20.1 Å². The third kappa shape index (κ3) is 3.86. The van der Waals surface area contributed by atoms with Crippen molar-refractivity contribution in [1.82, 2.24) is 10.2 Å². The molecule has 1 unspecified atom stereocenters. The number of morpholine rings is 1. The maximum atomic E-state index is 11.9. The van der Waals surface area contributed by atoms with Gasteiger partial charge in [-0.3, -0.25) is 0 Å². The van der Waals surface area contributed by atoms with E-state index >= 15 is 0 Å². The van der Waals surface area contributed by atoms with Crippen molar-refractivity contribution < 1.29 is 27.8 Å². The van der Waals surface area contributed by atoms with E-state index in [1.165, 1.54) is 0 Å². The Labute approximate surface area is 90.2 Å². The standard InChI is InChI=1S/C8H13F3N2O3/c9-8(10,11)5-12-7(15)13-1-2-16-4-6(13)3-14/h6,14H,1-5H2,(H,12,15). The summed E-state index contributed by atoms with van der Waals surface area (Å²) in [6, 6.07) is -1.42. The molecule has 0 saturated carbocycles. The highest BCUT2D eigenvalue weighted by Gasteiger charge is 2.31. The number of rotatable bonds is 2. The van der Waals surface area contributed by atoms with Gasteiger partial charge in [0.25, 0.3) is 0 Å². The first-order valence-corrected chi connectivity index (χ1v) is 4.74. The summed E-state index contributed by atoms with van der Waals surface area (Å²) in [7, 11) is 0. The first-order valence-electron chi connectivity index (χ1n) is 4.74. The zero-order valence-corrected chi connectivity index (χ0v) is 8.46. The van der Waals surface area contributed by atoms with Crippen molar-refractivity contribution in [2.45, 2.75) is 12.2 Å². The fourth-order valence-electron chi connectivity index (χ4n) is 1.35. The van der Waals surface area contributed by atoms with Crippen LogP contribution >= 0.6 is 0 Å². The summed E-state index contributed by atoms with van der Waals surface area (Å²) in [6.07, 6.45) is -4.43. The molecule has 94 valence electrons. The first-order chi connectivity index (χ1) is 7.44. The summed E-state index contributed by atoms with van der Waals surface area (Å²) in [5, 5.41) is 10.7. The van der Waals surface area contributed by atoms with Gasteiger partial charge in [-0.2, -0.15) is 13.2 Å². The van der Waals surface area contributed by atoms with E-state index in [-0.39, 0.29) is 26.4 Å². The lowest BCUT2D eigenvalue weighted by atomic mass is 10.2. The highest BCUT2D eigenvalue weighted by Crippen LogP contribution is 2.13. The van der Waals surface area contributed by atoms with Crippen molar-refractivity contribution in [1.29, 1.82) is 0 Å². The average molecular weight is 242 g/mol. The van der Waals surface area contributed by atoms with E-state index in [0.29, 0.717) is 0 Å². The first kappa shape index (κ1) is 13.0. The van der Waals surface area contributed by atoms with Gasteiger partial charge in [-0.05, 0) is 0 Å². The van der Waals surface area contributed by atoms with Gasteiger partial charge in [0, 0.05) is 6.54 Å². The van der Waals surface area contributed by atoms with Gasteiger partial charge in [0.2, 0.25) is 0 Å². The number of carbonyl (C=O) groups is 1. The summed E-state index contributed by atoms with van der Waals surface area (Å²) >= 11 is 0. The minimum Gasteiger partial charge on any atom is -0.394 e. The number of aliphatic hydroxyl groups is 1. The number of halogens is 3. The van der Waals surface area contributed by atoms with Crippen LogP contribution < -0.4 is 5.32 Å². The molecule has 2 N–H and O–H groups in total. The number of amides is 2. The molecule has 0 radical (unpaired) electrons. The van der Waals surface area contributed by atoms with E-state index in [9.17, 15) is 18.0 Å². The quantitative estimate of drug-likeness (QED) is 0.713. The Hall–Kier alpha value is -1.02. The summed E-state index contributed by atoms with van der Waals surface area (Å²) in [4.78, 5) is 12.5. The molecule has 0 aromatic rings. The summed E-state index contributed by atoms with van der Waals surface area (Å²) < 4.78 is 40.6. The Kier molecular flexibility index (Phi) is 4.36. The lowest BCUT2D eigenvalue weighted by Gasteiger charge is -2.34. The number of ether oxygens (including phenoxy) is 1. The van der Waals surface area contributed by atoms with Gasteiger partial charge in [-0.25, -0.2) is 4.79 Å². The second kappa shape index (κ2) is 5.35. The molecule has 2 amide bonds. The molecule has 0 bridgehead atoms. The summed E-state index contributed by atoms with van der Waals surface area (Å²) in [5.74, 6) is 0. The third-order valence-corrected chi connectivity index (χ3v) is 2.14. The monoisotopic (exact) mass is 242 g/mol. The molecule has 1 fully saturated rings. The highest BCUT2D eigenvalue weighted by atomic mass is 19.4. The molecular weight excluding hydrogens is 229 g/mol. The number of alkyl halides is 3. The molecule has 16 heavy (non-hydrogen) atoms. The van der Waals surface area contributed by atoms with Crippen LogP contribution in [0.5, 0.6) is 0 Å². The van der Waals surface area contributed by atoms with E-state index in [1.54, 1.807) is 5.32 Å². The molecule has 0 aromatic heterocycles. The fraction of sp³-hybridized carbons (Fsp3) is 0.875. The van der Waals surface area contributed by atoms with Crippen LogP contribution in [0.3, 0.4) is 0 Å². The second-order valence-electron chi connectivity index (χ2n) is 3.38. The Morgan fingerprint density at radius 2 is 2.25 bits per heavy atom. The van der Waals surface area contributed by atoms with Crippen LogP contribution in [0, 0.1) is 0 Å². The molecule has 0 aliphatic carbocycles. The molecule has 1 rings (SSSR count). The van der Waals surface area contributed by atoms with Crippen molar-refractivity contribution in [3.05, 3.63) is 0 Å². The molecule has 1 heterocycles. The Balaban J connectivity index is 2.45. The predicted octanol–water partition coefficient (Wildman–Crippen LogP) is -0.0486. The van der Waals surface area contributed by atoms with Crippen molar-refractivity contribution in [2.75, 3.05) is 32.9 Å². The number of urea groups is 1. The topological polar surface area (TPSA) is 61.8 Å². The third-order valence-electron chi connectivity index (χ3n) is 2.14. The van der Waals surface area contributed by atoms with E-state index in [1.807, 2.05) is 0 Å². The fourth-order valence-corrected chi connectivity index (χ4v) is 1.35. The second-order valence-corrected chi connectivity index (χ2v) is 3.38. The van der Waals surface area contributed by atoms with Gasteiger partial charge in [0.05, 0.1) is 25.9 Å². The lowest BCUT2D eigenvalue weighted by molar-refractivity contribution is -0.123. The highest BCUT2D eigenvalue weighted by molar-refractivity contribution is 5.74. The number of hydrogen-bond donors (Lipinski definition) is 2. The molecule has 1 atom stereocenters. The number of nitrogens with zero attached hydrogens (tertiary/aromatic N) is 1. The SMILES string of the molecule is O=C(NCC(F)(F)F)N1CCOCC1CO. The van der Waals surface area contributed by atoms with Gasteiger partial charge >= 0.3 is 12.2 Å². The van der Waals surface area contributed by atoms with E-state index in [4.69, 9.17) is 9.84 Å². The molecule has 8 heteroatoms. The van der Waals surface area contributed by atoms with Crippen molar-refractivity contribution in [3.63, 3.8) is 0 Å². The number of aliphatic hydroxyl groups excluding tert-OH is 1. The molecule has 0 spiro atoms. The molecule has 1 aliphatic rings. The number of carbonyl (C=O) groups excluding carboxylic acids is 1. The van der Waals surface area contributed by atoms with Gasteiger partial charge in [0.1, 0.15) is 6.54 Å². The predicted molar refractivity (Wildman–Crippen MR) is 47.9 cm³/mol. The van der Waals surface area contributed by atoms with Crippen LogP contribution in [0.15, 0.2) is 0 Å². The molecule has 1 saturated heterocycles. The molecule has 5 nitrogen and oxygen atoms in total. The smallest absolute Gasteiger partial charge is 0.394 e. The van der Waals surface area contributed by atoms with E-state index < -0.39 is 24.8 Å². The largest absolute Gasteiger partial charge is 0.405 e. The Morgan fingerprint density at radius 1 is 1.56 bits per heavy atom. The minimum atomic E-state index is -4.43. The lowest BCUT2D eigenvalue weighted by Crippen LogP contribution is -2.55. The van der Waals surface area contributed by atoms with Gasteiger partial charge in [-0.15, -0.1) is 0 Å². The maximum Gasteiger partial charge on any atom is 0.405 e. The van der Waals surface area contributed by atoms with Crippen LogP contribution in [-0.2, 0) is 4.74 Å². The molecular formula is C8H13F3N2O3. The van der Waals surface area contributed by atoms with Crippen LogP contribution in [0.1, 0.15) is 0 Å². The van der Waals surface area contributed by atoms with Crippen LogP contribution in [0.25, 0.3) is 0 Å². The average Bonchev–Trinajstić information content (AvgIpc) is 2.25. The normalized spacial score (nSPS) is 22.0. The van der Waals surface area contributed by atoms with E-state index in [0.717, 1.165) is 4.90 Å². The summed E-state index contributed by atoms with van der Waals surface area (Å²) in [6.45, 7) is -1.14. The Bertz CT molecular complexity index is 247.